The van der Waals surface area contributed by atoms with Gasteiger partial charge in [-0.3, -0.25) is 4.79 Å². The van der Waals surface area contributed by atoms with Crippen molar-refractivity contribution in [1.82, 2.24) is 9.97 Å². The monoisotopic (exact) mass is 364 g/mol. The molecule has 1 aromatic heterocycles. The van der Waals surface area contributed by atoms with Crippen LogP contribution in [0.5, 0.6) is 0 Å². The molecule has 3 rings (SSSR count). The molecule has 1 N–H and O–H groups in total. The van der Waals surface area contributed by atoms with Crippen LogP contribution in [0.1, 0.15) is 16.9 Å². The number of benzene rings is 1. The van der Waals surface area contributed by atoms with Gasteiger partial charge in [-0.2, -0.15) is 0 Å². The van der Waals surface area contributed by atoms with Crippen LogP contribution in [0.25, 0.3) is 0 Å². The Morgan fingerprint density at radius 3 is 2.84 bits per heavy atom. The molecule has 7 nitrogen and oxygen atoms in total. The summed E-state index contributed by atoms with van der Waals surface area (Å²) in [6, 6.07) is 6.77. The number of hydrogen-bond acceptors (Lipinski definition) is 6. The lowest BCUT2D eigenvalue weighted by molar-refractivity contribution is 0.102. The van der Waals surface area contributed by atoms with Crippen molar-refractivity contribution in [2.45, 2.75) is 12.5 Å². The molecule has 25 heavy (non-hydrogen) atoms. The topological polar surface area (TPSA) is 92.3 Å². The van der Waals surface area contributed by atoms with E-state index in [0.717, 1.165) is 0 Å². The lowest BCUT2D eigenvalue weighted by Crippen LogP contribution is -2.34. The van der Waals surface area contributed by atoms with Crippen LogP contribution in [-0.2, 0) is 9.84 Å². The summed E-state index contributed by atoms with van der Waals surface area (Å²) in [7, 11) is -1.33. The van der Waals surface area contributed by atoms with Gasteiger partial charge in [0.2, 0.25) is 5.95 Å². The molecule has 1 fully saturated rings. The van der Waals surface area contributed by atoms with Crippen LogP contribution in [-0.4, -0.2) is 48.9 Å². The zero-order chi connectivity index (χ0) is 18.0. The molecule has 132 valence electrons. The quantitative estimate of drug-likeness (QED) is 0.884. The Kier molecular flexibility index (Phi) is 4.67. The molecule has 1 aliphatic heterocycles. The van der Waals surface area contributed by atoms with Crippen molar-refractivity contribution in [2.24, 2.45) is 0 Å². The minimum Gasteiger partial charge on any atom is -0.340 e. The van der Waals surface area contributed by atoms with Gasteiger partial charge < -0.3 is 10.2 Å². The Labute approximate surface area is 144 Å². The van der Waals surface area contributed by atoms with Crippen molar-refractivity contribution < 1.29 is 17.6 Å². The standard InChI is InChI=1S/C16H17FN4O3S/c1-21(13-6-8-25(23,24)10-13)16-18-7-5-14(20-16)15(22)19-12-4-2-3-11(17)9-12/h2-5,7,9,13H,6,8,10H2,1H3,(H,19,22). The van der Waals surface area contributed by atoms with E-state index >= 15 is 0 Å². The summed E-state index contributed by atoms with van der Waals surface area (Å²) in [5.41, 5.74) is 0.433. The van der Waals surface area contributed by atoms with Crippen LogP contribution in [0.2, 0.25) is 0 Å². The van der Waals surface area contributed by atoms with E-state index in [2.05, 4.69) is 15.3 Å². The first-order chi connectivity index (χ1) is 11.8. The van der Waals surface area contributed by atoms with E-state index in [1.165, 1.54) is 30.5 Å². The van der Waals surface area contributed by atoms with Crippen LogP contribution in [0.15, 0.2) is 36.5 Å². The third kappa shape index (κ3) is 4.11. The Morgan fingerprint density at radius 2 is 2.16 bits per heavy atom. The van der Waals surface area contributed by atoms with Gasteiger partial charge in [-0.05, 0) is 30.7 Å². The molecule has 1 aromatic carbocycles. The van der Waals surface area contributed by atoms with Crippen LogP contribution < -0.4 is 10.2 Å². The van der Waals surface area contributed by atoms with Crippen molar-refractivity contribution in [3.8, 4) is 0 Å². The third-order valence-corrected chi connectivity index (χ3v) is 5.78. The molecule has 0 spiro atoms. The highest BCUT2D eigenvalue weighted by atomic mass is 32.2. The molecule has 2 heterocycles. The van der Waals surface area contributed by atoms with Crippen molar-refractivity contribution in [3.63, 3.8) is 0 Å². The van der Waals surface area contributed by atoms with Gasteiger partial charge in [0.25, 0.3) is 5.91 Å². The first-order valence-electron chi connectivity index (χ1n) is 7.67. The smallest absolute Gasteiger partial charge is 0.274 e. The van der Waals surface area contributed by atoms with E-state index in [9.17, 15) is 17.6 Å². The van der Waals surface area contributed by atoms with Crippen molar-refractivity contribution in [2.75, 3.05) is 28.8 Å². The molecule has 1 amide bonds. The average molecular weight is 364 g/mol. The molecule has 0 radical (unpaired) electrons. The Balaban J connectivity index is 1.76. The number of nitrogens with zero attached hydrogens (tertiary/aromatic N) is 3. The van der Waals surface area contributed by atoms with Crippen molar-refractivity contribution in [3.05, 3.63) is 48.0 Å². The van der Waals surface area contributed by atoms with Crippen LogP contribution in [0.3, 0.4) is 0 Å². The number of rotatable bonds is 4. The predicted octanol–water partition coefficient (Wildman–Crippen LogP) is 1.49. The number of carbonyl (C=O) groups excluding carboxylic acids is 1. The maximum Gasteiger partial charge on any atom is 0.274 e. The number of halogens is 1. The lowest BCUT2D eigenvalue weighted by Gasteiger charge is -2.23. The zero-order valence-electron chi connectivity index (χ0n) is 13.5. The number of sulfone groups is 1. The molecule has 1 atom stereocenters. The summed E-state index contributed by atoms with van der Waals surface area (Å²) in [5, 5.41) is 2.56. The second-order valence-corrected chi connectivity index (χ2v) is 8.10. The van der Waals surface area contributed by atoms with Crippen molar-refractivity contribution in [1.29, 1.82) is 0 Å². The minimum atomic E-state index is -3.03. The zero-order valence-corrected chi connectivity index (χ0v) is 14.3. The highest BCUT2D eigenvalue weighted by Gasteiger charge is 2.31. The predicted molar refractivity (Wildman–Crippen MR) is 91.8 cm³/mol. The number of aromatic nitrogens is 2. The summed E-state index contributed by atoms with van der Waals surface area (Å²) in [5.74, 6) is -0.493. The summed E-state index contributed by atoms with van der Waals surface area (Å²) < 4.78 is 36.4. The Hall–Kier alpha value is -2.55. The summed E-state index contributed by atoms with van der Waals surface area (Å²) >= 11 is 0. The van der Waals surface area contributed by atoms with Gasteiger partial charge in [-0.25, -0.2) is 22.8 Å². The number of nitrogens with one attached hydrogen (secondary N) is 1. The van der Waals surface area contributed by atoms with E-state index < -0.39 is 21.6 Å². The molecular formula is C16H17FN4O3S. The van der Waals surface area contributed by atoms with Gasteiger partial charge in [-0.1, -0.05) is 6.07 Å². The molecule has 9 heteroatoms. The van der Waals surface area contributed by atoms with Gasteiger partial charge in [0.15, 0.2) is 9.84 Å². The van der Waals surface area contributed by atoms with Gasteiger partial charge in [-0.15, -0.1) is 0 Å². The van der Waals surface area contributed by atoms with Gasteiger partial charge in [0, 0.05) is 25.0 Å². The number of amides is 1. The second kappa shape index (κ2) is 6.75. The van der Waals surface area contributed by atoms with Crippen molar-refractivity contribution >= 4 is 27.4 Å². The first-order valence-corrected chi connectivity index (χ1v) is 9.49. The van der Waals surface area contributed by atoms with Gasteiger partial charge in [0.1, 0.15) is 11.5 Å². The number of hydrogen-bond donors (Lipinski definition) is 1. The summed E-state index contributed by atoms with van der Waals surface area (Å²) in [6.07, 6.45) is 1.94. The highest BCUT2D eigenvalue weighted by Crippen LogP contribution is 2.20. The van der Waals surface area contributed by atoms with E-state index in [1.54, 1.807) is 18.0 Å². The maximum absolute atomic E-state index is 13.2. The van der Waals surface area contributed by atoms with Gasteiger partial charge >= 0.3 is 0 Å². The van der Waals surface area contributed by atoms with Crippen LogP contribution in [0.4, 0.5) is 16.0 Å². The second-order valence-electron chi connectivity index (χ2n) is 5.87. The molecule has 1 saturated heterocycles. The third-order valence-electron chi connectivity index (χ3n) is 4.03. The van der Waals surface area contributed by atoms with E-state index in [0.29, 0.717) is 12.1 Å². The van der Waals surface area contributed by atoms with Crippen LogP contribution in [0, 0.1) is 5.82 Å². The largest absolute Gasteiger partial charge is 0.340 e. The molecule has 0 aliphatic carbocycles. The summed E-state index contributed by atoms with van der Waals surface area (Å²) in [6.45, 7) is 0. The molecule has 0 saturated carbocycles. The fourth-order valence-electron chi connectivity index (χ4n) is 2.65. The van der Waals surface area contributed by atoms with Crippen LogP contribution >= 0.6 is 0 Å². The van der Waals surface area contributed by atoms with E-state index in [-0.39, 0.29) is 29.2 Å². The molecule has 0 bridgehead atoms. The molecule has 1 aliphatic rings. The normalized spacial score (nSPS) is 18.7. The molecule has 1 unspecified atom stereocenters. The highest BCUT2D eigenvalue weighted by molar-refractivity contribution is 7.91. The van der Waals surface area contributed by atoms with E-state index in [4.69, 9.17) is 0 Å². The fraction of sp³-hybridized carbons (Fsp3) is 0.312. The lowest BCUT2D eigenvalue weighted by atomic mass is 10.2. The fourth-order valence-corrected chi connectivity index (χ4v) is 4.42. The number of carbonyl (C=O) groups is 1. The van der Waals surface area contributed by atoms with E-state index in [1.807, 2.05) is 0 Å². The van der Waals surface area contributed by atoms with Gasteiger partial charge in [0.05, 0.1) is 11.5 Å². The number of anilines is 2. The Morgan fingerprint density at radius 1 is 1.36 bits per heavy atom. The Bertz CT molecular complexity index is 904. The first kappa shape index (κ1) is 17.3. The summed E-state index contributed by atoms with van der Waals surface area (Å²) in [4.78, 5) is 22.3. The molecule has 2 aromatic rings. The molecular weight excluding hydrogens is 347 g/mol. The SMILES string of the molecule is CN(c1nccc(C(=O)Nc2cccc(F)c2)n1)C1CCS(=O)(=O)C1. The minimum absolute atomic E-state index is 0.0482. The maximum atomic E-state index is 13.2. The average Bonchev–Trinajstić information content (AvgIpc) is 2.94.